The summed E-state index contributed by atoms with van der Waals surface area (Å²) in [5.41, 5.74) is 1.64. The van der Waals surface area contributed by atoms with Crippen LogP contribution in [0.4, 0.5) is 0 Å². The van der Waals surface area contributed by atoms with Crippen molar-refractivity contribution in [2.75, 3.05) is 0 Å². The van der Waals surface area contributed by atoms with E-state index in [2.05, 4.69) is 5.32 Å². The van der Waals surface area contributed by atoms with Gasteiger partial charge in [0.25, 0.3) is 5.91 Å². The molecule has 1 aromatic carbocycles. The maximum atomic E-state index is 12.4. The maximum absolute atomic E-state index is 12.4. The molecule has 5 nitrogen and oxygen atoms in total. The first-order valence-electron chi connectivity index (χ1n) is 6.57. The number of benzene rings is 1. The second kappa shape index (κ2) is 5.83. The summed E-state index contributed by atoms with van der Waals surface area (Å²) in [7, 11) is 0. The van der Waals surface area contributed by atoms with E-state index in [-0.39, 0.29) is 0 Å². The Kier molecular flexibility index (Phi) is 4.12. The van der Waals surface area contributed by atoms with E-state index in [0.717, 1.165) is 5.56 Å². The summed E-state index contributed by atoms with van der Waals surface area (Å²) >= 11 is 0. The lowest BCUT2D eigenvalue weighted by Crippen LogP contribution is -2.34. The molecule has 1 amide bonds. The van der Waals surface area contributed by atoms with Crippen LogP contribution in [-0.4, -0.2) is 17.0 Å². The quantitative estimate of drug-likeness (QED) is 0.906. The van der Waals surface area contributed by atoms with Crippen LogP contribution in [0.1, 0.15) is 39.0 Å². The number of nitrogens with one attached hydrogen (secondary N) is 1. The zero-order valence-corrected chi connectivity index (χ0v) is 12.1. The Morgan fingerprint density at radius 2 is 1.71 bits per heavy atom. The van der Waals surface area contributed by atoms with Crippen LogP contribution in [0, 0.1) is 20.8 Å². The van der Waals surface area contributed by atoms with Gasteiger partial charge >= 0.3 is 5.97 Å². The first kappa shape index (κ1) is 14.8. The first-order valence-corrected chi connectivity index (χ1v) is 6.57. The van der Waals surface area contributed by atoms with Gasteiger partial charge in [0.1, 0.15) is 11.5 Å². The highest BCUT2D eigenvalue weighted by atomic mass is 16.4. The van der Waals surface area contributed by atoms with Gasteiger partial charge < -0.3 is 14.8 Å². The van der Waals surface area contributed by atoms with E-state index in [1.165, 1.54) is 0 Å². The molecule has 21 heavy (non-hydrogen) atoms. The fourth-order valence-corrected chi connectivity index (χ4v) is 2.26. The van der Waals surface area contributed by atoms with E-state index in [9.17, 15) is 14.7 Å². The third-order valence-electron chi connectivity index (χ3n) is 3.44. The van der Waals surface area contributed by atoms with E-state index in [1.54, 1.807) is 51.1 Å². The van der Waals surface area contributed by atoms with Gasteiger partial charge in [0.2, 0.25) is 0 Å². The molecule has 0 fully saturated rings. The minimum atomic E-state index is -1.11. The van der Waals surface area contributed by atoms with E-state index in [0.29, 0.717) is 22.6 Å². The molecular formula is C16H17NO4. The lowest BCUT2D eigenvalue weighted by atomic mass is 10.1. The SMILES string of the molecule is Cc1oc(C)c(C(=O)N[C@H](C(=O)O)c2ccccc2)c1C. The number of amides is 1. The minimum absolute atomic E-state index is 0.398. The standard InChI is InChI=1S/C16H17NO4/c1-9-10(2)21-11(3)13(9)15(18)17-14(16(19)20)12-7-5-4-6-8-12/h4-8,14H,1-3H3,(H,17,18)(H,19,20)/t14-/m0/s1. The third kappa shape index (κ3) is 2.97. The van der Waals surface area contributed by atoms with Crippen molar-refractivity contribution in [3.8, 4) is 0 Å². The van der Waals surface area contributed by atoms with Crippen molar-refractivity contribution in [3.63, 3.8) is 0 Å². The number of furan rings is 1. The Hall–Kier alpha value is -2.56. The molecule has 0 radical (unpaired) electrons. The number of carbonyl (C=O) groups is 2. The van der Waals surface area contributed by atoms with Gasteiger partial charge in [0, 0.05) is 5.56 Å². The van der Waals surface area contributed by atoms with Crippen molar-refractivity contribution < 1.29 is 19.1 Å². The molecule has 0 unspecified atom stereocenters. The van der Waals surface area contributed by atoms with E-state index < -0.39 is 17.9 Å². The van der Waals surface area contributed by atoms with Crippen LogP contribution >= 0.6 is 0 Å². The number of aryl methyl sites for hydroxylation is 2. The minimum Gasteiger partial charge on any atom is -0.479 e. The Morgan fingerprint density at radius 3 is 2.19 bits per heavy atom. The van der Waals surface area contributed by atoms with Crippen molar-refractivity contribution in [1.29, 1.82) is 0 Å². The van der Waals surface area contributed by atoms with Crippen molar-refractivity contribution in [3.05, 3.63) is 58.5 Å². The van der Waals surface area contributed by atoms with Gasteiger partial charge in [-0.15, -0.1) is 0 Å². The topological polar surface area (TPSA) is 79.5 Å². The summed E-state index contributed by atoms with van der Waals surface area (Å²) < 4.78 is 5.41. The monoisotopic (exact) mass is 287 g/mol. The number of rotatable bonds is 4. The van der Waals surface area contributed by atoms with Crippen LogP contribution in [0.15, 0.2) is 34.7 Å². The van der Waals surface area contributed by atoms with Crippen molar-refractivity contribution >= 4 is 11.9 Å². The fourth-order valence-electron chi connectivity index (χ4n) is 2.26. The molecule has 0 saturated carbocycles. The molecule has 1 aromatic heterocycles. The highest BCUT2D eigenvalue weighted by Crippen LogP contribution is 2.22. The van der Waals surface area contributed by atoms with Gasteiger partial charge in [-0.25, -0.2) is 4.79 Å². The Bertz CT molecular complexity index is 673. The summed E-state index contributed by atoms with van der Waals surface area (Å²) in [6.07, 6.45) is 0. The molecule has 2 N–H and O–H groups in total. The largest absolute Gasteiger partial charge is 0.479 e. The summed E-state index contributed by atoms with van der Waals surface area (Å²) in [6.45, 7) is 5.23. The lowest BCUT2D eigenvalue weighted by molar-refractivity contribution is -0.139. The second-order valence-electron chi connectivity index (χ2n) is 4.87. The molecule has 2 rings (SSSR count). The molecule has 110 valence electrons. The predicted octanol–water partition coefficient (Wildman–Crippen LogP) is 2.76. The van der Waals surface area contributed by atoms with Gasteiger partial charge in [-0.3, -0.25) is 4.79 Å². The first-order chi connectivity index (χ1) is 9.91. The molecule has 5 heteroatoms. The summed E-state index contributed by atoms with van der Waals surface area (Å²) in [6, 6.07) is 7.50. The highest BCUT2D eigenvalue weighted by molar-refractivity contribution is 5.99. The average molecular weight is 287 g/mol. The van der Waals surface area contributed by atoms with Crippen LogP contribution in [0.2, 0.25) is 0 Å². The Balaban J connectivity index is 2.30. The average Bonchev–Trinajstić information content (AvgIpc) is 2.70. The summed E-state index contributed by atoms with van der Waals surface area (Å²) in [4.78, 5) is 23.8. The van der Waals surface area contributed by atoms with Crippen LogP contribution in [-0.2, 0) is 4.79 Å². The van der Waals surface area contributed by atoms with Crippen molar-refractivity contribution in [2.45, 2.75) is 26.8 Å². The summed E-state index contributed by atoms with van der Waals surface area (Å²) in [5, 5.41) is 11.9. The highest BCUT2D eigenvalue weighted by Gasteiger charge is 2.26. The zero-order chi connectivity index (χ0) is 15.6. The number of hydrogen-bond donors (Lipinski definition) is 2. The molecule has 0 aliphatic rings. The number of carboxylic acid groups (broad SMARTS) is 1. The lowest BCUT2D eigenvalue weighted by Gasteiger charge is -2.15. The van der Waals surface area contributed by atoms with Gasteiger partial charge in [-0.1, -0.05) is 30.3 Å². The van der Waals surface area contributed by atoms with Gasteiger partial charge in [-0.05, 0) is 26.3 Å². The van der Waals surface area contributed by atoms with Crippen LogP contribution in [0.25, 0.3) is 0 Å². The molecule has 0 bridgehead atoms. The maximum Gasteiger partial charge on any atom is 0.330 e. The van der Waals surface area contributed by atoms with Gasteiger partial charge in [-0.2, -0.15) is 0 Å². The molecule has 0 spiro atoms. The van der Waals surface area contributed by atoms with Crippen LogP contribution in [0.3, 0.4) is 0 Å². The van der Waals surface area contributed by atoms with E-state index >= 15 is 0 Å². The second-order valence-corrected chi connectivity index (χ2v) is 4.87. The van der Waals surface area contributed by atoms with Crippen molar-refractivity contribution in [1.82, 2.24) is 5.32 Å². The number of hydrogen-bond acceptors (Lipinski definition) is 3. The molecule has 0 aliphatic heterocycles. The molecule has 2 aromatic rings. The van der Waals surface area contributed by atoms with E-state index in [1.807, 2.05) is 0 Å². The Morgan fingerprint density at radius 1 is 1.10 bits per heavy atom. The van der Waals surface area contributed by atoms with E-state index in [4.69, 9.17) is 4.42 Å². The van der Waals surface area contributed by atoms with Crippen LogP contribution < -0.4 is 5.32 Å². The number of aliphatic carboxylic acids is 1. The zero-order valence-electron chi connectivity index (χ0n) is 12.1. The molecular weight excluding hydrogens is 270 g/mol. The van der Waals surface area contributed by atoms with Crippen molar-refractivity contribution in [2.24, 2.45) is 0 Å². The fraction of sp³-hybridized carbons (Fsp3) is 0.250. The third-order valence-corrected chi connectivity index (χ3v) is 3.44. The molecule has 0 saturated heterocycles. The molecule has 1 atom stereocenters. The van der Waals surface area contributed by atoms with Crippen LogP contribution in [0.5, 0.6) is 0 Å². The molecule has 0 aliphatic carbocycles. The number of carboxylic acids is 1. The Labute approximate surface area is 122 Å². The summed E-state index contributed by atoms with van der Waals surface area (Å²) in [5.74, 6) is -0.410. The molecule has 1 heterocycles. The van der Waals surface area contributed by atoms with Gasteiger partial charge in [0.15, 0.2) is 6.04 Å². The number of carbonyl (C=O) groups excluding carboxylic acids is 1. The predicted molar refractivity (Wildman–Crippen MR) is 77.2 cm³/mol. The normalized spacial score (nSPS) is 12.0. The van der Waals surface area contributed by atoms with Gasteiger partial charge in [0.05, 0.1) is 5.56 Å². The smallest absolute Gasteiger partial charge is 0.330 e.